The van der Waals surface area contributed by atoms with Gasteiger partial charge in [-0.2, -0.15) is 0 Å². The van der Waals surface area contributed by atoms with E-state index in [2.05, 4.69) is 10.6 Å². The van der Waals surface area contributed by atoms with Crippen LogP contribution in [0.25, 0.3) is 0 Å². The molecule has 0 bridgehead atoms. The van der Waals surface area contributed by atoms with Crippen LogP contribution in [0.3, 0.4) is 0 Å². The lowest BCUT2D eigenvalue weighted by Crippen LogP contribution is -2.23. The number of rotatable bonds is 3. The number of carbonyl (C=O) groups excluding carboxylic acids is 1. The van der Waals surface area contributed by atoms with Gasteiger partial charge in [0.2, 0.25) is 5.91 Å². The van der Waals surface area contributed by atoms with Crippen LogP contribution in [0, 0.1) is 0 Å². The van der Waals surface area contributed by atoms with Crippen molar-refractivity contribution in [3.63, 3.8) is 0 Å². The van der Waals surface area contributed by atoms with Crippen molar-refractivity contribution < 1.29 is 19.8 Å². The Bertz CT molecular complexity index is 445. The van der Waals surface area contributed by atoms with Crippen molar-refractivity contribution >= 4 is 17.7 Å². The molecule has 6 nitrogen and oxygen atoms in total. The van der Waals surface area contributed by atoms with Crippen LogP contribution >= 0.6 is 0 Å². The highest BCUT2D eigenvalue weighted by atomic mass is 16.4. The number of carboxylic acid groups (broad SMARTS) is 1. The van der Waals surface area contributed by atoms with Crippen LogP contribution in [0.5, 0.6) is 5.75 Å². The van der Waals surface area contributed by atoms with E-state index in [0.29, 0.717) is 5.56 Å². The zero-order valence-electron chi connectivity index (χ0n) is 9.52. The lowest BCUT2D eigenvalue weighted by atomic mass is 10.1. The Morgan fingerprint density at radius 3 is 2.47 bits per heavy atom. The van der Waals surface area contributed by atoms with E-state index in [0.717, 1.165) is 0 Å². The molecule has 17 heavy (non-hydrogen) atoms. The fourth-order valence-electron chi connectivity index (χ4n) is 1.43. The van der Waals surface area contributed by atoms with Crippen molar-refractivity contribution in [1.82, 2.24) is 5.32 Å². The van der Waals surface area contributed by atoms with Crippen LogP contribution in [0.2, 0.25) is 0 Å². The van der Waals surface area contributed by atoms with E-state index in [4.69, 9.17) is 5.11 Å². The lowest BCUT2D eigenvalue weighted by Gasteiger charge is -2.14. The summed E-state index contributed by atoms with van der Waals surface area (Å²) < 4.78 is 0. The molecule has 0 radical (unpaired) electrons. The van der Waals surface area contributed by atoms with E-state index in [9.17, 15) is 14.7 Å². The Kier molecular flexibility index (Phi) is 3.92. The Hall–Kier alpha value is -2.24. The summed E-state index contributed by atoms with van der Waals surface area (Å²) in [4.78, 5) is 21.3. The van der Waals surface area contributed by atoms with Gasteiger partial charge in [0.25, 0.3) is 0 Å². The number of phenols is 1. The molecule has 0 aliphatic carbocycles. The molecule has 0 aliphatic heterocycles. The Morgan fingerprint density at radius 1 is 1.35 bits per heavy atom. The third-order valence-corrected chi connectivity index (χ3v) is 2.18. The van der Waals surface area contributed by atoms with Crippen molar-refractivity contribution in [3.8, 4) is 5.75 Å². The summed E-state index contributed by atoms with van der Waals surface area (Å²) in [6.45, 7) is 3.16. The van der Waals surface area contributed by atoms with Crippen molar-refractivity contribution in [2.75, 3.05) is 5.32 Å². The molecule has 0 aliphatic rings. The zero-order valence-corrected chi connectivity index (χ0v) is 9.52. The number of anilines is 1. The summed E-state index contributed by atoms with van der Waals surface area (Å²) in [7, 11) is 0. The largest absolute Gasteiger partial charge is 0.506 e. The third kappa shape index (κ3) is 3.67. The summed E-state index contributed by atoms with van der Waals surface area (Å²) >= 11 is 0. The minimum Gasteiger partial charge on any atom is -0.506 e. The standard InChI is InChI=1S/C11H14N2O4/c1-6(12-7(2)14)8-3-4-9(10(15)5-8)13-11(16)17/h3-6,13,15H,1-2H3,(H,12,14)(H,16,17). The molecule has 2 amide bonds. The SMILES string of the molecule is CC(=O)NC(C)c1ccc(NC(=O)O)c(O)c1. The van der Waals surface area contributed by atoms with Gasteiger partial charge in [0, 0.05) is 6.92 Å². The Morgan fingerprint density at radius 2 is 2.00 bits per heavy atom. The van der Waals surface area contributed by atoms with Crippen molar-refractivity contribution in [2.45, 2.75) is 19.9 Å². The third-order valence-electron chi connectivity index (χ3n) is 2.18. The molecular formula is C11H14N2O4. The molecule has 1 rings (SSSR count). The van der Waals surface area contributed by atoms with E-state index in [1.54, 1.807) is 13.0 Å². The second-order valence-corrected chi connectivity index (χ2v) is 3.63. The molecule has 0 heterocycles. The van der Waals surface area contributed by atoms with Crippen molar-refractivity contribution in [3.05, 3.63) is 23.8 Å². The van der Waals surface area contributed by atoms with Gasteiger partial charge < -0.3 is 15.5 Å². The molecule has 1 atom stereocenters. The molecule has 1 unspecified atom stereocenters. The molecule has 0 saturated carbocycles. The number of amides is 2. The fraction of sp³-hybridized carbons (Fsp3) is 0.273. The van der Waals surface area contributed by atoms with Gasteiger partial charge in [-0.25, -0.2) is 4.79 Å². The predicted molar refractivity (Wildman–Crippen MR) is 62.0 cm³/mol. The summed E-state index contributed by atoms with van der Waals surface area (Å²) in [5.74, 6) is -0.355. The first-order valence-corrected chi connectivity index (χ1v) is 5.00. The number of aromatic hydroxyl groups is 1. The molecule has 0 spiro atoms. The Balaban J connectivity index is 2.88. The normalized spacial score (nSPS) is 11.6. The van der Waals surface area contributed by atoms with Crippen LogP contribution < -0.4 is 10.6 Å². The second kappa shape index (κ2) is 5.20. The summed E-state index contributed by atoms with van der Waals surface area (Å²) in [5, 5.41) is 22.8. The monoisotopic (exact) mass is 238 g/mol. The van der Waals surface area contributed by atoms with Crippen LogP contribution in [-0.4, -0.2) is 22.2 Å². The number of phenolic OH excluding ortho intramolecular Hbond substituents is 1. The number of nitrogens with one attached hydrogen (secondary N) is 2. The van der Waals surface area contributed by atoms with Crippen LogP contribution in [0.4, 0.5) is 10.5 Å². The highest BCUT2D eigenvalue weighted by Gasteiger charge is 2.10. The molecule has 0 fully saturated rings. The first kappa shape index (κ1) is 12.8. The van der Waals surface area contributed by atoms with Gasteiger partial charge in [0.1, 0.15) is 5.75 Å². The van der Waals surface area contributed by atoms with Gasteiger partial charge in [-0.3, -0.25) is 10.1 Å². The van der Waals surface area contributed by atoms with Crippen LogP contribution in [0.15, 0.2) is 18.2 Å². The van der Waals surface area contributed by atoms with Crippen LogP contribution in [-0.2, 0) is 4.79 Å². The fourth-order valence-corrected chi connectivity index (χ4v) is 1.43. The van der Waals surface area contributed by atoms with E-state index in [1.807, 2.05) is 0 Å². The Labute approximate surface area is 98.3 Å². The molecule has 1 aromatic carbocycles. The average molecular weight is 238 g/mol. The number of carbonyl (C=O) groups is 2. The zero-order chi connectivity index (χ0) is 13.0. The first-order valence-electron chi connectivity index (χ1n) is 5.00. The summed E-state index contributed by atoms with van der Waals surface area (Å²) in [6.07, 6.45) is -1.25. The van der Waals surface area contributed by atoms with Gasteiger partial charge in [-0.15, -0.1) is 0 Å². The number of benzene rings is 1. The van der Waals surface area contributed by atoms with Gasteiger partial charge in [-0.1, -0.05) is 6.07 Å². The minimum atomic E-state index is -1.25. The van der Waals surface area contributed by atoms with Gasteiger partial charge in [0.15, 0.2) is 0 Å². The molecule has 4 N–H and O–H groups in total. The minimum absolute atomic E-state index is 0.108. The molecule has 6 heteroatoms. The molecule has 92 valence electrons. The maximum Gasteiger partial charge on any atom is 0.409 e. The van der Waals surface area contributed by atoms with Crippen molar-refractivity contribution in [2.24, 2.45) is 0 Å². The van der Waals surface area contributed by atoms with Gasteiger partial charge >= 0.3 is 6.09 Å². The topological polar surface area (TPSA) is 98.7 Å². The lowest BCUT2D eigenvalue weighted by molar-refractivity contribution is -0.119. The second-order valence-electron chi connectivity index (χ2n) is 3.63. The summed E-state index contributed by atoms with van der Waals surface area (Å²) in [6, 6.07) is 4.23. The number of hydrogen-bond acceptors (Lipinski definition) is 3. The van der Waals surface area contributed by atoms with Gasteiger partial charge in [-0.05, 0) is 24.6 Å². The molecular weight excluding hydrogens is 224 g/mol. The molecule has 0 saturated heterocycles. The summed E-state index contributed by atoms with van der Waals surface area (Å²) in [5.41, 5.74) is 0.796. The quantitative estimate of drug-likeness (QED) is 0.602. The highest BCUT2D eigenvalue weighted by molar-refractivity contribution is 5.85. The first-order chi connectivity index (χ1) is 7.90. The maximum absolute atomic E-state index is 10.9. The van der Waals surface area contributed by atoms with E-state index in [-0.39, 0.29) is 23.4 Å². The predicted octanol–water partition coefficient (Wildman–Crippen LogP) is 1.68. The maximum atomic E-state index is 10.9. The smallest absolute Gasteiger partial charge is 0.409 e. The van der Waals surface area contributed by atoms with Crippen molar-refractivity contribution in [1.29, 1.82) is 0 Å². The van der Waals surface area contributed by atoms with E-state index < -0.39 is 6.09 Å². The van der Waals surface area contributed by atoms with E-state index in [1.165, 1.54) is 19.1 Å². The highest BCUT2D eigenvalue weighted by Crippen LogP contribution is 2.26. The molecule has 1 aromatic rings. The van der Waals surface area contributed by atoms with Crippen LogP contribution in [0.1, 0.15) is 25.5 Å². The van der Waals surface area contributed by atoms with Gasteiger partial charge in [0.05, 0.1) is 11.7 Å². The number of hydrogen-bond donors (Lipinski definition) is 4. The van der Waals surface area contributed by atoms with E-state index >= 15 is 0 Å². The molecule has 0 aromatic heterocycles. The average Bonchev–Trinajstić information content (AvgIpc) is 2.19.